The third-order valence-corrected chi connectivity index (χ3v) is 3.17. The number of benzene rings is 1. The van der Waals surface area contributed by atoms with Gasteiger partial charge in [-0.15, -0.1) is 0 Å². The molecule has 1 amide bonds. The minimum Gasteiger partial charge on any atom is -0.482 e. The van der Waals surface area contributed by atoms with E-state index in [1.54, 1.807) is 12.1 Å². The SMILES string of the molecule is CC(C)c1cccc(NC(=O)COc2ccc(CO)nc2)c1. The molecule has 22 heavy (non-hydrogen) atoms. The van der Waals surface area contributed by atoms with Gasteiger partial charge in [0.15, 0.2) is 6.61 Å². The molecule has 0 atom stereocenters. The van der Waals surface area contributed by atoms with Gasteiger partial charge in [0, 0.05) is 5.69 Å². The van der Waals surface area contributed by atoms with Gasteiger partial charge in [-0.1, -0.05) is 26.0 Å². The molecule has 1 aromatic heterocycles. The molecule has 2 aromatic rings. The second kappa shape index (κ2) is 7.56. The van der Waals surface area contributed by atoms with E-state index in [2.05, 4.69) is 24.1 Å². The van der Waals surface area contributed by atoms with Crippen LogP contribution in [0.4, 0.5) is 5.69 Å². The van der Waals surface area contributed by atoms with E-state index in [1.165, 1.54) is 11.8 Å². The van der Waals surface area contributed by atoms with Crippen LogP contribution in [0, 0.1) is 0 Å². The lowest BCUT2D eigenvalue weighted by atomic mass is 10.0. The van der Waals surface area contributed by atoms with Gasteiger partial charge in [0.1, 0.15) is 5.75 Å². The molecule has 116 valence electrons. The molecule has 0 bridgehead atoms. The molecule has 0 aliphatic carbocycles. The van der Waals surface area contributed by atoms with Gasteiger partial charge in [0.05, 0.1) is 18.5 Å². The highest BCUT2D eigenvalue weighted by atomic mass is 16.5. The minimum absolute atomic E-state index is 0.0912. The first-order valence-corrected chi connectivity index (χ1v) is 7.17. The van der Waals surface area contributed by atoms with E-state index in [1.807, 2.05) is 24.3 Å². The maximum Gasteiger partial charge on any atom is 0.262 e. The van der Waals surface area contributed by atoms with Gasteiger partial charge in [0.25, 0.3) is 5.91 Å². The number of nitrogens with zero attached hydrogens (tertiary/aromatic N) is 1. The van der Waals surface area contributed by atoms with Crippen LogP contribution < -0.4 is 10.1 Å². The highest BCUT2D eigenvalue weighted by Gasteiger charge is 2.06. The summed E-state index contributed by atoms with van der Waals surface area (Å²) in [4.78, 5) is 15.9. The van der Waals surface area contributed by atoms with Crippen LogP contribution in [0.15, 0.2) is 42.6 Å². The number of aliphatic hydroxyl groups excluding tert-OH is 1. The Balaban J connectivity index is 1.88. The minimum atomic E-state index is -0.229. The molecule has 5 heteroatoms. The molecule has 0 saturated carbocycles. The zero-order valence-electron chi connectivity index (χ0n) is 12.7. The number of nitrogens with one attached hydrogen (secondary N) is 1. The molecular formula is C17H20N2O3. The topological polar surface area (TPSA) is 71.5 Å². The van der Waals surface area contributed by atoms with Crippen LogP contribution in [0.5, 0.6) is 5.75 Å². The van der Waals surface area contributed by atoms with Crippen LogP contribution in [0.25, 0.3) is 0 Å². The summed E-state index contributed by atoms with van der Waals surface area (Å²) < 4.78 is 5.36. The van der Waals surface area contributed by atoms with Gasteiger partial charge in [-0.05, 0) is 35.7 Å². The molecule has 2 rings (SSSR count). The number of hydrogen-bond acceptors (Lipinski definition) is 4. The quantitative estimate of drug-likeness (QED) is 0.860. The maximum absolute atomic E-state index is 11.9. The van der Waals surface area contributed by atoms with Crippen molar-refractivity contribution in [1.29, 1.82) is 0 Å². The van der Waals surface area contributed by atoms with Crippen LogP contribution in [0.2, 0.25) is 0 Å². The molecule has 0 fully saturated rings. The average molecular weight is 300 g/mol. The lowest BCUT2D eigenvalue weighted by molar-refractivity contribution is -0.118. The fraction of sp³-hybridized carbons (Fsp3) is 0.294. The fourth-order valence-corrected chi connectivity index (χ4v) is 1.91. The van der Waals surface area contributed by atoms with E-state index < -0.39 is 0 Å². The van der Waals surface area contributed by atoms with Crippen molar-refractivity contribution in [3.05, 3.63) is 53.9 Å². The monoisotopic (exact) mass is 300 g/mol. The molecule has 0 spiro atoms. The summed E-state index contributed by atoms with van der Waals surface area (Å²) in [6, 6.07) is 11.1. The Morgan fingerprint density at radius 1 is 1.32 bits per heavy atom. The van der Waals surface area contributed by atoms with Crippen molar-refractivity contribution in [3.63, 3.8) is 0 Å². The Morgan fingerprint density at radius 3 is 2.77 bits per heavy atom. The molecule has 1 aromatic carbocycles. The molecule has 0 radical (unpaired) electrons. The van der Waals surface area contributed by atoms with Gasteiger partial charge in [-0.25, -0.2) is 0 Å². The summed E-state index contributed by atoms with van der Waals surface area (Å²) in [6.45, 7) is 4.00. The average Bonchev–Trinajstić information content (AvgIpc) is 2.53. The van der Waals surface area contributed by atoms with Crippen molar-refractivity contribution < 1.29 is 14.6 Å². The second-order valence-corrected chi connectivity index (χ2v) is 5.26. The predicted molar refractivity (Wildman–Crippen MR) is 84.8 cm³/mol. The van der Waals surface area contributed by atoms with Crippen molar-refractivity contribution in [2.75, 3.05) is 11.9 Å². The smallest absolute Gasteiger partial charge is 0.262 e. The van der Waals surface area contributed by atoms with E-state index in [0.717, 1.165) is 5.69 Å². The zero-order valence-corrected chi connectivity index (χ0v) is 12.7. The van der Waals surface area contributed by atoms with Crippen LogP contribution in [0.1, 0.15) is 31.0 Å². The predicted octanol–water partition coefficient (Wildman–Crippen LogP) is 2.71. The Labute approximate surface area is 130 Å². The molecule has 5 nitrogen and oxygen atoms in total. The Bertz CT molecular complexity index is 624. The largest absolute Gasteiger partial charge is 0.482 e. The number of rotatable bonds is 6. The zero-order chi connectivity index (χ0) is 15.9. The maximum atomic E-state index is 11.9. The molecule has 0 aliphatic rings. The summed E-state index contributed by atoms with van der Waals surface area (Å²) in [5.74, 6) is 0.666. The van der Waals surface area contributed by atoms with E-state index in [4.69, 9.17) is 9.84 Å². The first-order chi connectivity index (χ1) is 10.6. The van der Waals surface area contributed by atoms with E-state index >= 15 is 0 Å². The first kappa shape index (κ1) is 16.0. The van der Waals surface area contributed by atoms with Crippen molar-refractivity contribution in [3.8, 4) is 5.75 Å². The van der Waals surface area contributed by atoms with Crippen molar-refractivity contribution >= 4 is 11.6 Å². The highest BCUT2D eigenvalue weighted by molar-refractivity contribution is 5.91. The summed E-state index contributed by atoms with van der Waals surface area (Å²) in [7, 11) is 0. The fourth-order valence-electron chi connectivity index (χ4n) is 1.91. The third-order valence-electron chi connectivity index (χ3n) is 3.17. The van der Waals surface area contributed by atoms with Crippen molar-refractivity contribution in [2.24, 2.45) is 0 Å². The number of carbonyl (C=O) groups excluding carboxylic acids is 1. The highest BCUT2D eigenvalue weighted by Crippen LogP contribution is 2.18. The van der Waals surface area contributed by atoms with E-state index in [0.29, 0.717) is 17.4 Å². The van der Waals surface area contributed by atoms with Gasteiger partial charge >= 0.3 is 0 Å². The number of carbonyl (C=O) groups is 1. The number of ether oxygens (including phenoxy) is 1. The molecule has 0 aliphatic heterocycles. The second-order valence-electron chi connectivity index (χ2n) is 5.26. The molecule has 0 unspecified atom stereocenters. The number of aliphatic hydroxyl groups is 1. The molecule has 2 N–H and O–H groups in total. The number of aromatic nitrogens is 1. The number of anilines is 1. The van der Waals surface area contributed by atoms with Gasteiger partial charge in [-0.3, -0.25) is 9.78 Å². The van der Waals surface area contributed by atoms with Gasteiger partial charge in [0.2, 0.25) is 0 Å². The molecule has 1 heterocycles. The Hall–Kier alpha value is -2.40. The third kappa shape index (κ3) is 4.56. The van der Waals surface area contributed by atoms with Crippen LogP contribution >= 0.6 is 0 Å². The normalized spacial score (nSPS) is 10.5. The molecular weight excluding hydrogens is 280 g/mol. The van der Waals surface area contributed by atoms with Crippen LogP contribution in [0.3, 0.4) is 0 Å². The van der Waals surface area contributed by atoms with Crippen LogP contribution in [-0.4, -0.2) is 22.6 Å². The lowest BCUT2D eigenvalue weighted by Crippen LogP contribution is -2.20. The van der Waals surface area contributed by atoms with Gasteiger partial charge < -0.3 is 15.2 Å². The number of hydrogen-bond donors (Lipinski definition) is 2. The Morgan fingerprint density at radius 2 is 2.14 bits per heavy atom. The Kier molecular flexibility index (Phi) is 5.49. The summed E-state index contributed by atoms with van der Waals surface area (Å²) in [6.07, 6.45) is 1.48. The number of amides is 1. The summed E-state index contributed by atoms with van der Waals surface area (Å²) in [5, 5.41) is 11.7. The lowest BCUT2D eigenvalue weighted by Gasteiger charge is -2.10. The summed E-state index contributed by atoms with van der Waals surface area (Å²) >= 11 is 0. The standard InChI is InChI=1S/C17H20N2O3/c1-12(2)13-4-3-5-14(8-13)19-17(21)11-22-16-7-6-15(10-20)18-9-16/h3-9,12,20H,10-11H2,1-2H3,(H,19,21). The van der Waals surface area contributed by atoms with Gasteiger partial charge in [-0.2, -0.15) is 0 Å². The number of pyridine rings is 1. The van der Waals surface area contributed by atoms with E-state index in [9.17, 15) is 4.79 Å². The summed E-state index contributed by atoms with van der Waals surface area (Å²) in [5.41, 5.74) is 2.48. The van der Waals surface area contributed by atoms with E-state index in [-0.39, 0.29) is 19.1 Å². The van der Waals surface area contributed by atoms with Crippen molar-refractivity contribution in [2.45, 2.75) is 26.4 Å². The first-order valence-electron chi connectivity index (χ1n) is 7.17. The van der Waals surface area contributed by atoms with Crippen LogP contribution in [-0.2, 0) is 11.4 Å². The van der Waals surface area contributed by atoms with Crippen molar-refractivity contribution in [1.82, 2.24) is 4.98 Å². The molecule has 0 saturated heterocycles.